The van der Waals surface area contributed by atoms with E-state index in [2.05, 4.69) is 10.3 Å². The van der Waals surface area contributed by atoms with Crippen LogP contribution in [0.4, 0.5) is 0 Å². The van der Waals surface area contributed by atoms with E-state index in [1.807, 2.05) is 79.7 Å². The molecule has 0 aliphatic heterocycles. The number of nitrogens with one attached hydrogen (secondary N) is 1. The van der Waals surface area contributed by atoms with Crippen LogP contribution in [0.2, 0.25) is 0 Å². The molecule has 4 rings (SSSR count). The van der Waals surface area contributed by atoms with Gasteiger partial charge in [-0.05, 0) is 42.3 Å². The molecule has 0 unspecified atom stereocenters. The lowest BCUT2D eigenvalue weighted by atomic mass is 10.1. The highest BCUT2D eigenvalue weighted by molar-refractivity contribution is 7.98. The van der Waals surface area contributed by atoms with Gasteiger partial charge in [-0.15, -0.1) is 0 Å². The quantitative estimate of drug-likeness (QED) is 0.313. The predicted molar refractivity (Wildman–Crippen MR) is 119 cm³/mol. The largest absolute Gasteiger partial charge is 0.491 e. The van der Waals surface area contributed by atoms with Crippen LogP contribution in [0.15, 0.2) is 82.4 Å². The van der Waals surface area contributed by atoms with E-state index in [9.17, 15) is 4.79 Å². The summed E-state index contributed by atoms with van der Waals surface area (Å²) in [4.78, 5) is 17.2. The molecule has 0 saturated heterocycles. The lowest BCUT2D eigenvalue weighted by Crippen LogP contribution is -2.28. The van der Waals surface area contributed by atoms with E-state index in [-0.39, 0.29) is 5.91 Å². The molecule has 1 N–H and O–H groups in total. The second kappa shape index (κ2) is 9.50. The topological polar surface area (TPSA) is 64.4 Å². The van der Waals surface area contributed by atoms with Crippen LogP contribution in [0.3, 0.4) is 0 Å². The van der Waals surface area contributed by atoms with E-state index in [0.717, 1.165) is 28.0 Å². The van der Waals surface area contributed by atoms with Gasteiger partial charge < -0.3 is 14.5 Å². The highest BCUT2D eigenvalue weighted by Gasteiger charge is 2.13. The zero-order valence-corrected chi connectivity index (χ0v) is 17.4. The van der Waals surface area contributed by atoms with E-state index >= 15 is 0 Å². The number of aromatic nitrogens is 1. The number of benzene rings is 3. The van der Waals surface area contributed by atoms with Gasteiger partial charge in [0.25, 0.3) is 11.1 Å². The van der Waals surface area contributed by atoms with Gasteiger partial charge in [-0.25, -0.2) is 4.98 Å². The summed E-state index contributed by atoms with van der Waals surface area (Å²) in [5.41, 5.74) is 4.25. The average Bonchev–Trinajstić information content (AvgIpc) is 3.19. The van der Waals surface area contributed by atoms with Crippen molar-refractivity contribution in [1.29, 1.82) is 0 Å². The van der Waals surface area contributed by atoms with E-state index < -0.39 is 0 Å². The van der Waals surface area contributed by atoms with Gasteiger partial charge in [0.2, 0.25) is 0 Å². The van der Waals surface area contributed by atoms with Crippen LogP contribution in [0.25, 0.3) is 11.1 Å². The van der Waals surface area contributed by atoms with Crippen molar-refractivity contribution >= 4 is 28.8 Å². The fraction of sp³-hybridized carbons (Fsp3) is 0.167. The number of thioether (sulfide) groups is 1. The normalized spacial score (nSPS) is 10.8. The summed E-state index contributed by atoms with van der Waals surface area (Å²) in [6, 6.07) is 23.1. The molecular formula is C24H22N2O3S. The first-order valence-corrected chi connectivity index (χ1v) is 10.7. The Morgan fingerprint density at radius 3 is 2.67 bits per heavy atom. The Balaban J connectivity index is 1.33. The van der Waals surface area contributed by atoms with Gasteiger partial charge >= 0.3 is 0 Å². The van der Waals surface area contributed by atoms with Crippen LogP contribution in [0.5, 0.6) is 5.75 Å². The van der Waals surface area contributed by atoms with Crippen LogP contribution in [-0.2, 0) is 5.75 Å². The minimum absolute atomic E-state index is 0.114. The molecule has 5 nitrogen and oxygen atoms in total. The van der Waals surface area contributed by atoms with Crippen LogP contribution in [0, 0.1) is 6.92 Å². The van der Waals surface area contributed by atoms with Gasteiger partial charge in [0.15, 0.2) is 5.58 Å². The summed E-state index contributed by atoms with van der Waals surface area (Å²) in [7, 11) is 0. The van der Waals surface area contributed by atoms with Crippen molar-refractivity contribution in [1.82, 2.24) is 10.3 Å². The number of ether oxygens (including phenoxy) is 1. The van der Waals surface area contributed by atoms with E-state index in [1.165, 1.54) is 11.8 Å². The van der Waals surface area contributed by atoms with Crippen molar-refractivity contribution in [3.63, 3.8) is 0 Å². The van der Waals surface area contributed by atoms with E-state index in [4.69, 9.17) is 9.15 Å². The number of hydrogen-bond acceptors (Lipinski definition) is 5. The number of oxazole rings is 1. The number of nitrogens with zero attached hydrogens (tertiary/aromatic N) is 1. The molecule has 0 spiro atoms. The van der Waals surface area contributed by atoms with Crippen molar-refractivity contribution < 1.29 is 13.9 Å². The molecule has 0 atom stereocenters. The Morgan fingerprint density at radius 1 is 1.03 bits per heavy atom. The molecule has 4 aromatic rings. The van der Waals surface area contributed by atoms with Crippen molar-refractivity contribution in [3.8, 4) is 5.75 Å². The first-order chi connectivity index (χ1) is 14.7. The highest BCUT2D eigenvalue weighted by atomic mass is 32.2. The van der Waals surface area contributed by atoms with Gasteiger partial charge in [-0.1, -0.05) is 60.3 Å². The summed E-state index contributed by atoms with van der Waals surface area (Å²) in [5.74, 6) is 1.31. The van der Waals surface area contributed by atoms with Crippen LogP contribution < -0.4 is 10.1 Å². The van der Waals surface area contributed by atoms with Crippen molar-refractivity contribution in [3.05, 3.63) is 89.5 Å². The third-order valence-electron chi connectivity index (χ3n) is 4.63. The van der Waals surface area contributed by atoms with Gasteiger partial charge in [-0.3, -0.25) is 4.79 Å². The monoisotopic (exact) mass is 418 g/mol. The molecule has 3 aromatic carbocycles. The number of aryl methyl sites for hydroxylation is 1. The van der Waals surface area contributed by atoms with Crippen LogP contribution in [-0.4, -0.2) is 24.0 Å². The zero-order valence-electron chi connectivity index (χ0n) is 16.6. The number of carbonyl (C=O) groups is 1. The smallest absolute Gasteiger partial charge is 0.257 e. The molecule has 152 valence electrons. The lowest BCUT2D eigenvalue weighted by molar-refractivity contribution is 0.0946. The van der Waals surface area contributed by atoms with Gasteiger partial charge in [-0.2, -0.15) is 0 Å². The Labute approximate surface area is 179 Å². The molecule has 1 heterocycles. The molecule has 30 heavy (non-hydrogen) atoms. The second-order valence-electron chi connectivity index (χ2n) is 6.76. The average molecular weight is 419 g/mol. The molecule has 1 amide bonds. The predicted octanol–water partition coefficient (Wildman–Crippen LogP) is 5.24. The maximum atomic E-state index is 12.7. The molecule has 0 saturated carbocycles. The highest BCUT2D eigenvalue weighted by Crippen LogP contribution is 2.27. The maximum Gasteiger partial charge on any atom is 0.257 e. The number of carbonyl (C=O) groups excluding carboxylic acids is 1. The minimum Gasteiger partial charge on any atom is -0.491 e. The summed E-state index contributed by atoms with van der Waals surface area (Å²) in [6.45, 7) is 2.84. The molecular weight excluding hydrogens is 396 g/mol. The Kier molecular flexibility index (Phi) is 6.35. The van der Waals surface area contributed by atoms with Crippen LogP contribution in [0.1, 0.15) is 21.5 Å². The lowest BCUT2D eigenvalue weighted by Gasteiger charge is -2.11. The molecule has 1 aromatic heterocycles. The molecule has 6 heteroatoms. The van der Waals surface area contributed by atoms with Crippen molar-refractivity contribution in [2.45, 2.75) is 17.9 Å². The van der Waals surface area contributed by atoms with Crippen molar-refractivity contribution in [2.75, 3.05) is 13.2 Å². The Morgan fingerprint density at radius 2 is 1.80 bits per heavy atom. The minimum atomic E-state index is -0.114. The summed E-state index contributed by atoms with van der Waals surface area (Å²) in [5, 5.41) is 3.53. The molecule has 0 aliphatic rings. The fourth-order valence-electron chi connectivity index (χ4n) is 3.06. The Bertz CT molecular complexity index is 1120. The van der Waals surface area contributed by atoms with Gasteiger partial charge in [0, 0.05) is 11.3 Å². The first kappa shape index (κ1) is 20.0. The number of rotatable bonds is 8. The van der Waals surface area contributed by atoms with Crippen molar-refractivity contribution in [2.24, 2.45) is 0 Å². The zero-order chi connectivity index (χ0) is 20.8. The van der Waals surface area contributed by atoms with E-state index in [0.29, 0.717) is 29.7 Å². The third-order valence-corrected chi connectivity index (χ3v) is 5.50. The Hall–Kier alpha value is -3.25. The third kappa shape index (κ3) is 4.83. The SMILES string of the molecule is Cc1ccccc1OCCNC(=O)c1ccccc1CSc1nc2ccccc2o1. The fourth-order valence-corrected chi connectivity index (χ4v) is 3.90. The van der Waals surface area contributed by atoms with Crippen LogP contribution >= 0.6 is 11.8 Å². The number of para-hydroxylation sites is 3. The summed E-state index contributed by atoms with van der Waals surface area (Å²) < 4.78 is 11.5. The first-order valence-electron chi connectivity index (χ1n) is 9.73. The molecule has 0 radical (unpaired) electrons. The number of hydrogen-bond donors (Lipinski definition) is 1. The number of amides is 1. The number of fused-ring (bicyclic) bond motifs is 1. The van der Waals surface area contributed by atoms with Gasteiger partial charge in [0.1, 0.15) is 17.9 Å². The molecule has 0 bridgehead atoms. The standard InChI is InChI=1S/C24H22N2O3S/c1-17-8-2-6-12-21(17)28-15-14-25-23(27)19-10-4-3-9-18(19)16-30-24-26-20-11-5-7-13-22(20)29-24/h2-13H,14-16H2,1H3,(H,25,27). The van der Waals surface area contributed by atoms with E-state index in [1.54, 1.807) is 0 Å². The van der Waals surface area contributed by atoms with Gasteiger partial charge in [0.05, 0.1) is 6.54 Å². The maximum absolute atomic E-state index is 12.7. The molecule has 0 aliphatic carbocycles. The molecule has 0 fully saturated rings. The summed E-state index contributed by atoms with van der Waals surface area (Å²) >= 11 is 1.48. The second-order valence-corrected chi connectivity index (χ2v) is 7.69. The summed E-state index contributed by atoms with van der Waals surface area (Å²) in [6.07, 6.45) is 0.